The van der Waals surface area contributed by atoms with Crippen LogP contribution in [0.2, 0.25) is 0 Å². The number of halogens is 2. The van der Waals surface area contributed by atoms with E-state index in [4.69, 9.17) is 0 Å². The van der Waals surface area contributed by atoms with Crippen LogP contribution >= 0.6 is 0 Å². The molecule has 0 N–H and O–H groups in total. The van der Waals surface area contributed by atoms with Crippen LogP contribution in [-0.2, 0) is 9.53 Å². The van der Waals surface area contributed by atoms with Crippen molar-refractivity contribution in [1.29, 1.82) is 0 Å². The summed E-state index contributed by atoms with van der Waals surface area (Å²) >= 11 is 0. The average molecular weight is 254 g/mol. The standard InChI is InChI=1S/C13H12F2O3/c1-3-18-13(17)5-4-9-6-10(8(2)16)12(15)7-11(9)14/h4-7H,3H2,1-2H3. The molecule has 0 heterocycles. The molecule has 0 amide bonds. The first kappa shape index (κ1) is 14.0. The number of hydrogen-bond donors (Lipinski definition) is 0. The Kier molecular flexibility index (Phi) is 4.71. The van der Waals surface area contributed by atoms with Crippen LogP contribution in [0.4, 0.5) is 8.78 Å². The molecule has 3 nitrogen and oxygen atoms in total. The Labute approximate surface area is 103 Å². The van der Waals surface area contributed by atoms with Crippen LogP contribution in [0.3, 0.4) is 0 Å². The van der Waals surface area contributed by atoms with Gasteiger partial charge in [0.2, 0.25) is 0 Å². The Morgan fingerprint density at radius 1 is 1.28 bits per heavy atom. The van der Waals surface area contributed by atoms with Crippen molar-refractivity contribution in [2.75, 3.05) is 6.61 Å². The van der Waals surface area contributed by atoms with Gasteiger partial charge in [0, 0.05) is 17.7 Å². The minimum absolute atomic E-state index is 0.0466. The van der Waals surface area contributed by atoms with Crippen LogP contribution in [0.25, 0.3) is 6.08 Å². The molecule has 0 unspecified atom stereocenters. The smallest absolute Gasteiger partial charge is 0.330 e. The topological polar surface area (TPSA) is 43.4 Å². The lowest BCUT2D eigenvalue weighted by molar-refractivity contribution is -0.137. The second kappa shape index (κ2) is 6.05. The number of hydrogen-bond acceptors (Lipinski definition) is 3. The maximum absolute atomic E-state index is 13.4. The summed E-state index contributed by atoms with van der Waals surface area (Å²) in [5.74, 6) is -2.92. The highest BCUT2D eigenvalue weighted by Crippen LogP contribution is 2.17. The van der Waals surface area contributed by atoms with Gasteiger partial charge in [0.05, 0.1) is 12.2 Å². The fourth-order valence-electron chi connectivity index (χ4n) is 1.31. The summed E-state index contributed by atoms with van der Waals surface area (Å²) in [7, 11) is 0. The van der Waals surface area contributed by atoms with E-state index in [-0.39, 0.29) is 17.7 Å². The van der Waals surface area contributed by atoms with Crippen LogP contribution in [0.15, 0.2) is 18.2 Å². The zero-order chi connectivity index (χ0) is 13.7. The summed E-state index contributed by atoms with van der Waals surface area (Å²) in [4.78, 5) is 22.1. The highest BCUT2D eigenvalue weighted by Gasteiger charge is 2.11. The third-order valence-corrected chi connectivity index (χ3v) is 2.15. The Hall–Kier alpha value is -2.04. The van der Waals surface area contributed by atoms with Crippen molar-refractivity contribution in [1.82, 2.24) is 0 Å². The molecule has 0 aliphatic heterocycles. The number of esters is 1. The van der Waals surface area contributed by atoms with E-state index >= 15 is 0 Å². The van der Waals surface area contributed by atoms with E-state index in [0.717, 1.165) is 18.2 Å². The van der Waals surface area contributed by atoms with Gasteiger partial charge in [-0.2, -0.15) is 0 Å². The lowest BCUT2D eigenvalue weighted by Gasteiger charge is -2.02. The average Bonchev–Trinajstić information content (AvgIpc) is 2.27. The maximum Gasteiger partial charge on any atom is 0.330 e. The fraction of sp³-hybridized carbons (Fsp3) is 0.231. The van der Waals surface area contributed by atoms with Crippen molar-refractivity contribution in [2.45, 2.75) is 13.8 Å². The summed E-state index contributed by atoms with van der Waals surface area (Å²) in [6.07, 6.45) is 2.16. The normalized spacial score (nSPS) is 10.7. The minimum Gasteiger partial charge on any atom is -0.463 e. The predicted molar refractivity (Wildman–Crippen MR) is 62.0 cm³/mol. The van der Waals surface area contributed by atoms with E-state index in [0.29, 0.717) is 6.07 Å². The highest BCUT2D eigenvalue weighted by atomic mass is 19.1. The molecule has 1 aromatic rings. The Balaban J connectivity index is 3.06. The molecule has 0 aliphatic carbocycles. The molecule has 0 saturated carbocycles. The third kappa shape index (κ3) is 3.48. The SMILES string of the molecule is CCOC(=O)C=Cc1cc(C(C)=O)c(F)cc1F. The summed E-state index contributed by atoms with van der Waals surface area (Å²) in [5, 5.41) is 0. The first-order chi connectivity index (χ1) is 8.45. The van der Waals surface area contributed by atoms with Gasteiger partial charge in [0.25, 0.3) is 0 Å². The molecule has 18 heavy (non-hydrogen) atoms. The van der Waals surface area contributed by atoms with Gasteiger partial charge < -0.3 is 4.74 Å². The van der Waals surface area contributed by atoms with Crippen molar-refractivity contribution >= 4 is 17.8 Å². The highest BCUT2D eigenvalue weighted by molar-refractivity contribution is 5.95. The quantitative estimate of drug-likeness (QED) is 0.471. The molecule has 0 saturated heterocycles. The van der Waals surface area contributed by atoms with Gasteiger partial charge in [0.15, 0.2) is 5.78 Å². The van der Waals surface area contributed by atoms with E-state index in [9.17, 15) is 18.4 Å². The number of benzene rings is 1. The van der Waals surface area contributed by atoms with E-state index < -0.39 is 23.4 Å². The predicted octanol–water partition coefficient (Wildman–Crippen LogP) is 2.74. The lowest BCUT2D eigenvalue weighted by Crippen LogP contribution is -2.01. The molecular weight excluding hydrogens is 242 g/mol. The Morgan fingerprint density at radius 2 is 1.94 bits per heavy atom. The van der Waals surface area contributed by atoms with E-state index in [1.807, 2.05) is 0 Å². The van der Waals surface area contributed by atoms with Gasteiger partial charge in [-0.3, -0.25) is 4.79 Å². The lowest BCUT2D eigenvalue weighted by atomic mass is 10.1. The number of ketones is 1. The van der Waals surface area contributed by atoms with Crippen molar-refractivity contribution in [3.63, 3.8) is 0 Å². The molecule has 1 rings (SSSR count). The molecule has 0 bridgehead atoms. The Bertz CT molecular complexity index is 507. The first-order valence-corrected chi connectivity index (χ1v) is 5.30. The van der Waals surface area contributed by atoms with Crippen LogP contribution in [0, 0.1) is 11.6 Å². The van der Waals surface area contributed by atoms with Crippen molar-refractivity contribution in [3.8, 4) is 0 Å². The number of ether oxygens (including phenoxy) is 1. The molecule has 0 fully saturated rings. The molecular formula is C13H12F2O3. The number of carbonyl (C=O) groups is 2. The van der Waals surface area contributed by atoms with Crippen LogP contribution in [0.5, 0.6) is 0 Å². The number of Topliss-reactive ketones (excluding diaryl/α,β-unsaturated/α-hetero) is 1. The summed E-state index contributed by atoms with van der Waals surface area (Å²) < 4.78 is 31.2. The van der Waals surface area contributed by atoms with E-state index in [1.54, 1.807) is 6.92 Å². The largest absolute Gasteiger partial charge is 0.463 e. The molecule has 1 aromatic carbocycles. The van der Waals surface area contributed by atoms with E-state index in [1.165, 1.54) is 6.92 Å². The fourth-order valence-corrected chi connectivity index (χ4v) is 1.31. The summed E-state index contributed by atoms with van der Waals surface area (Å²) in [6, 6.07) is 1.67. The van der Waals surface area contributed by atoms with Gasteiger partial charge in [-0.05, 0) is 26.0 Å². The zero-order valence-corrected chi connectivity index (χ0v) is 10.00. The molecule has 96 valence electrons. The van der Waals surface area contributed by atoms with Crippen LogP contribution < -0.4 is 0 Å². The third-order valence-electron chi connectivity index (χ3n) is 2.15. The minimum atomic E-state index is -0.923. The molecule has 0 aromatic heterocycles. The molecule has 0 spiro atoms. The molecule has 0 radical (unpaired) electrons. The molecule has 0 atom stereocenters. The van der Waals surface area contributed by atoms with Gasteiger partial charge in [-0.15, -0.1) is 0 Å². The van der Waals surface area contributed by atoms with Crippen molar-refractivity contribution in [2.24, 2.45) is 0 Å². The zero-order valence-electron chi connectivity index (χ0n) is 10.00. The monoisotopic (exact) mass is 254 g/mol. The summed E-state index contributed by atoms with van der Waals surface area (Å²) in [6.45, 7) is 3.01. The number of carbonyl (C=O) groups excluding carboxylic acids is 2. The second-order valence-electron chi connectivity index (χ2n) is 3.50. The summed E-state index contributed by atoms with van der Waals surface area (Å²) in [5.41, 5.74) is -0.269. The van der Waals surface area contributed by atoms with Crippen LogP contribution in [-0.4, -0.2) is 18.4 Å². The van der Waals surface area contributed by atoms with Crippen molar-refractivity contribution in [3.05, 3.63) is 41.0 Å². The molecule has 5 heteroatoms. The van der Waals surface area contributed by atoms with Gasteiger partial charge in [0.1, 0.15) is 11.6 Å². The van der Waals surface area contributed by atoms with E-state index in [2.05, 4.69) is 4.74 Å². The van der Waals surface area contributed by atoms with Gasteiger partial charge in [-0.1, -0.05) is 0 Å². The van der Waals surface area contributed by atoms with Crippen LogP contribution in [0.1, 0.15) is 29.8 Å². The first-order valence-electron chi connectivity index (χ1n) is 5.30. The number of rotatable bonds is 4. The Morgan fingerprint density at radius 3 is 2.50 bits per heavy atom. The maximum atomic E-state index is 13.4. The second-order valence-corrected chi connectivity index (χ2v) is 3.50. The van der Waals surface area contributed by atoms with Gasteiger partial charge in [-0.25, -0.2) is 13.6 Å². The van der Waals surface area contributed by atoms with Gasteiger partial charge >= 0.3 is 5.97 Å². The molecule has 0 aliphatic rings. The van der Waals surface area contributed by atoms with Crippen molar-refractivity contribution < 1.29 is 23.1 Å².